The summed E-state index contributed by atoms with van der Waals surface area (Å²) in [5.74, 6) is 2.88. The van der Waals surface area contributed by atoms with E-state index < -0.39 is 0 Å². The number of rotatable bonds is 6. The van der Waals surface area contributed by atoms with Crippen molar-refractivity contribution in [1.82, 2.24) is 0 Å². The van der Waals surface area contributed by atoms with Gasteiger partial charge in [-0.1, -0.05) is 0 Å². The van der Waals surface area contributed by atoms with Gasteiger partial charge in [-0.05, 0) is 61.4 Å². The molecule has 0 saturated heterocycles. The first-order chi connectivity index (χ1) is 13.6. The number of allylic oxidation sites excluding steroid dienone is 2. The van der Waals surface area contributed by atoms with Gasteiger partial charge in [-0.3, -0.25) is 4.79 Å². The fourth-order valence-electron chi connectivity index (χ4n) is 3.26. The van der Waals surface area contributed by atoms with Gasteiger partial charge < -0.3 is 18.9 Å². The molecule has 146 valence electrons. The van der Waals surface area contributed by atoms with Crippen LogP contribution in [-0.4, -0.2) is 34.2 Å². The molecule has 5 nitrogen and oxygen atoms in total. The van der Waals surface area contributed by atoms with Crippen LogP contribution in [0.2, 0.25) is 0 Å². The third kappa shape index (κ3) is 4.03. The van der Waals surface area contributed by atoms with Crippen LogP contribution in [-0.2, 0) is 4.79 Å². The highest BCUT2D eigenvalue weighted by Crippen LogP contribution is 2.34. The second-order valence-corrected chi connectivity index (χ2v) is 6.38. The summed E-state index contributed by atoms with van der Waals surface area (Å²) in [6.45, 7) is 0. The molecule has 0 radical (unpaired) electrons. The molecule has 3 rings (SSSR count). The van der Waals surface area contributed by atoms with Crippen LogP contribution in [0.1, 0.15) is 24.0 Å². The van der Waals surface area contributed by atoms with Crippen LogP contribution >= 0.6 is 0 Å². The van der Waals surface area contributed by atoms with Crippen molar-refractivity contribution in [1.29, 1.82) is 0 Å². The average molecular weight is 380 g/mol. The maximum atomic E-state index is 12.9. The quantitative estimate of drug-likeness (QED) is 0.688. The van der Waals surface area contributed by atoms with Crippen molar-refractivity contribution in [3.63, 3.8) is 0 Å². The summed E-state index contributed by atoms with van der Waals surface area (Å²) < 4.78 is 21.4. The second kappa shape index (κ2) is 8.65. The Hall–Kier alpha value is -3.21. The van der Waals surface area contributed by atoms with E-state index in [1.54, 1.807) is 28.4 Å². The molecule has 0 spiro atoms. The number of carbonyl (C=O) groups excluding carboxylic acids is 1. The van der Waals surface area contributed by atoms with Crippen molar-refractivity contribution in [3.8, 4) is 23.0 Å². The number of hydrogen-bond donors (Lipinski definition) is 0. The van der Waals surface area contributed by atoms with Crippen molar-refractivity contribution in [2.75, 3.05) is 28.4 Å². The lowest BCUT2D eigenvalue weighted by Gasteiger charge is -2.08. The van der Waals surface area contributed by atoms with E-state index in [4.69, 9.17) is 18.9 Å². The summed E-state index contributed by atoms with van der Waals surface area (Å²) in [6.07, 6.45) is 5.12. The Morgan fingerprint density at radius 1 is 0.679 bits per heavy atom. The van der Waals surface area contributed by atoms with Gasteiger partial charge in [-0.2, -0.15) is 0 Å². The van der Waals surface area contributed by atoms with Crippen LogP contribution in [0.15, 0.2) is 47.5 Å². The second-order valence-electron chi connectivity index (χ2n) is 6.38. The molecule has 1 aliphatic rings. The Kier molecular flexibility index (Phi) is 6.04. The summed E-state index contributed by atoms with van der Waals surface area (Å²) >= 11 is 0. The van der Waals surface area contributed by atoms with E-state index in [1.165, 1.54) is 0 Å². The smallest absolute Gasteiger partial charge is 0.185 e. The van der Waals surface area contributed by atoms with Crippen molar-refractivity contribution in [2.45, 2.75) is 12.8 Å². The molecule has 0 bridgehead atoms. The van der Waals surface area contributed by atoms with Gasteiger partial charge in [0, 0.05) is 22.3 Å². The maximum absolute atomic E-state index is 12.9. The maximum Gasteiger partial charge on any atom is 0.185 e. The fourth-order valence-corrected chi connectivity index (χ4v) is 3.26. The van der Waals surface area contributed by atoms with Gasteiger partial charge in [0.15, 0.2) is 5.78 Å². The van der Waals surface area contributed by atoms with Crippen molar-refractivity contribution < 1.29 is 23.7 Å². The number of ether oxygens (including phenoxy) is 4. The molecule has 0 heterocycles. The molecular formula is C23H24O5. The van der Waals surface area contributed by atoms with Crippen molar-refractivity contribution >= 4 is 17.9 Å². The fraction of sp³-hybridized carbons (Fsp3) is 0.261. The zero-order valence-corrected chi connectivity index (χ0v) is 16.6. The van der Waals surface area contributed by atoms with Gasteiger partial charge in [0.2, 0.25) is 0 Å². The minimum absolute atomic E-state index is 0.0368. The number of methoxy groups -OCH3 is 4. The summed E-state index contributed by atoms with van der Waals surface area (Å²) in [6, 6.07) is 11.1. The minimum Gasteiger partial charge on any atom is -0.497 e. The van der Waals surface area contributed by atoms with E-state index in [0.717, 1.165) is 33.8 Å². The van der Waals surface area contributed by atoms with Gasteiger partial charge in [0.05, 0.1) is 28.4 Å². The molecule has 1 fully saturated rings. The monoisotopic (exact) mass is 380 g/mol. The number of ketones is 1. The Balaban J connectivity index is 1.94. The highest BCUT2D eigenvalue weighted by Gasteiger charge is 2.24. The highest BCUT2D eigenvalue weighted by molar-refractivity contribution is 6.15. The zero-order chi connectivity index (χ0) is 20.1. The topological polar surface area (TPSA) is 54.0 Å². The molecule has 1 saturated carbocycles. The number of hydrogen-bond acceptors (Lipinski definition) is 5. The zero-order valence-electron chi connectivity index (χ0n) is 16.6. The third-order valence-electron chi connectivity index (χ3n) is 4.78. The van der Waals surface area contributed by atoms with Crippen LogP contribution in [0.25, 0.3) is 12.2 Å². The molecule has 0 amide bonds. The Labute approximate surface area is 165 Å². The molecule has 28 heavy (non-hydrogen) atoms. The summed E-state index contributed by atoms with van der Waals surface area (Å²) in [7, 11) is 6.45. The van der Waals surface area contributed by atoms with E-state index >= 15 is 0 Å². The van der Waals surface area contributed by atoms with E-state index in [9.17, 15) is 4.79 Å². The first-order valence-corrected chi connectivity index (χ1v) is 8.99. The number of carbonyl (C=O) groups is 1. The van der Waals surface area contributed by atoms with Gasteiger partial charge in [-0.15, -0.1) is 0 Å². The highest BCUT2D eigenvalue weighted by atomic mass is 16.5. The molecule has 0 atom stereocenters. The SMILES string of the molecule is COc1ccc(OC)c(C=C2CC/C(=C/c3cc(OC)ccc3OC)C2=O)c1. The molecule has 0 aromatic heterocycles. The molecule has 0 unspecified atom stereocenters. The van der Waals surface area contributed by atoms with E-state index in [1.807, 2.05) is 48.6 Å². The van der Waals surface area contributed by atoms with Gasteiger partial charge in [-0.25, -0.2) is 0 Å². The first kappa shape index (κ1) is 19.5. The first-order valence-electron chi connectivity index (χ1n) is 8.99. The predicted octanol–water partition coefficient (Wildman–Crippen LogP) is 4.55. The molecule has 1 aliphatic carbocycles. The van der Waals surface area contributed by atoms with Crippen molar-refractivity contribution in [2.24, 2.45) is 0 Å². The Bertz CT molecular complexity index is 865. The third-order valence-corrected chi connectivity index (χ3v) is 4.78. The normalized spacial score (nSPS) is 16.5. The number of Topliss-reactive ketones (excluding diaryl/α,β-unsaturated/α-hetero) is 1. The minimum atomic E-state index is 0.0368. The molecular weight excluding hydrogens is 356 g/mol. The lowest BCUT2D eigenvalue weighted by Crippen LogP contribution is -1.97. The Morgan fingerprint density at radius 3 is 1.46 bits per heavy atom. The molecule has 2 aromatic rings. The molecule has 0 N–H and O–H groups in total. The van der Waals surface area contributed by atoms with Crippen LogP contribution in [0.5, 0.6) is 23.0 Å². The summed E-state index contributed by atoms with van der Waals surface area (Å²) in [4.78, 5) is 12.9. The van der Waals surface area contributed by atoms with Crippen LogP contribution in [0.4, 0.5) is 0 Å². The molecule has 0 aliphatic heterocycles. The molecule has 2 aromatic carbocycles. The van der Waals surface area contributed by atoms with Gasteiger partial charge in [0.1, 0.15) is 23.0 Å². The summed E-state index contributed by atoms with van der Waals surface area (Å²) in [5, 5.41) is 0. The average Bonchev–Trinajstić information content (AvgIpc) is 3.07. The van der Waals surface area contributed by atoms with Crippen LogP contribution in [0, 0.1) is 0 Å². The standard InChI is InChI=1S/C23H24O5/c1-25-19-7-9-21(27-3)17(13-19)11-15-5-6-16(23(15)24)12-18-14-20(26-2)8-10-22(18)28-4/h7-14H,5-6H2,1-4H3/b15-11-,16-12?. The predicted molar refractivity (Wildman–Crippen MR) is 109 cm³/mol. The van der Waals surface area contributed by atoms with Gasteiger partial charge >= 0.3 is 0 Å². The van der Waals surface area contributed by atoms with Crippen molar-refractivity contribution in [3.05, 3.63) is 58.7 Å². The van der Waals surface area contributed by atoms with E-state index in [-0.39, 0.29) is 5.78 Å². The van der Waals surface area contributed by atoms with Crippen LogP contribution in [0.3, 0.4) is 0 Å². The molecule has 5 heteroatoms. The van der Waals surface area contributed by atoms with E-state index in [0.29, 0.717) is 24.3 Å². The summed E-state index contributed by atoms with van der Waals surface area (Å²) in [5.41, 5.74) is 3.15. The number of benzene rings is 2. The largest absolute Gasteiger partial charge is 0.497 e. The van der Waals surface area contributed by atoms with Crippen LogP contribution < -0.4 is 18.9 Å². The lowest BCUT2D eigenvalue weighted by atomic mass is 10.1. The Morgan fingerprint density at radius 2 is 1.11 bits per heavy atom. The van der Waals surface area contributed by atoms with E-state index in [2.05, 4.69) is 0 Å². The van der Waals surface area contributed by atoms with Gasteiger partial charge in [0.25, 0.3) is 0 Å². The lowest BCUT2D eigenvalue weighted by molar-refractivity contribution is -0.111.